The number of hydrogen-bond donors (Lipinski definition) is 1. The number of amides is 1. The largest absolute Gasteiger partial charge is 0.490 e. The van der Waals surface area contributed by atoms with E-state index in [-0.39, 0.29) is 33.0 Å². The average Bonchev–Trinajstić information content (AvgIpc) is 2.81. The van der Waals surface area contributed by atoms with Crippen LogP contribution in [0.1, 0.15) is 12.5 Å². The lowest BCUT2D eigenvalue weighted by Crippen LogP contribution is -2.13. The third-order valence-electron chi connectivity index (χ3n) is 4.43. The van der Waals surface area contributed by atoms with Gasteiger partial charge in [0.05, 0.1) is 21.8 Å². The summed E-state index contributed by atoms with van der Waals surface area (Å²) < 4.78 is 36.7. The van der Waals surface area contributed by atoms with Crippen LogP contribution in [-0.2, 0) is 14.9 Å². The van der Waals surface area contributed by atoms with E-state index in [9.17, 15) is 18.5 Å². The zero-order valence-electron chi connectivity index (χ0n) is 18.1. The van der Waals surface area contributed by atoms with Crippen molar-refractivity contribution in [1.82, 2.24) is 0 Å². The second-order valence-electron chi connectivity index (χ2n) is 6.86. The van der Waals surface area contributed by atoms with Gasteiger partial charge >= 0.3 is 10.1 Å². The maximum absolute atomic E-state index is 12.8. The topological polar surface area (TPSA) is 105 Å². The highest BCUT2D eigenvalue weighted by Gasteiger charge is 2.22. The fourth-order valence-corrected chi connectivity index (χ4v) is 4.76. The molecular formula is C24H17BrCl2N2O5S. The van der Waals surface area contributed by atoms with Gasteiger partial charge in [0.15, 0.2) is 11.5 Å². The molecule has 0 saturated carbocycles. The van der Waals surface area contributed by atoms with Crippen LogP contribution in [0.5, 0.6) is 11.5 Å². The molecule has 0 spiro atoms. The first kappa shape index (κ1) is 26.6. The van der Waals surface area contributed by atoms with Crippen molar-refractivity contribution in [3.8, 4) is 17.6 Å². The van der Waals surface area contributed by atoms with Gasteiger partial charge in [-0.25, -0.2) is 0 Å². The predicted molar refractivity (Wildman–Crippen MR) is 138 cm³/mol. The molecule has 35 heavy (non-hydrogen) atoms. The number of hydrogen-bond acceptors (Lipinski definition) is 6. The summed E-state index contributed by atoms with van der Waals surface area (Å²) in [5.74, 6) is -0.659. The van der Waals surface area contributed by atoms with Gasteiger partial charge < -0.3 is 14.2 Å². The van der Waals surface area contributed by atoms with E-state index < -0.39 is 16.0 Å². The molecule has 0 aliphatic heterocycles. The third-order valence-corrected chi connectivity index (χ3v) is 6.83. The summed E-state index contributed by atoms with van der Waals surface area (Å²) in [4.78, 5) is 12.5. The number of nitriles is 1. The molecule has 0 unspecified atom stereocenters. The summed E-state index contributed by atoms with van der Waals surface area (Å²) in [6, 6.07) is 16.9. The number of halogens is 3. The molecule has 0 aliphatic rings. The van der Waals surface area contributed by atoms with E-state index in [1.54, 1.807) is 31.2 Å². The van der Waals surface area contributed by atoms with E-state index in [1.165, 1.54) is 42.5 Å². The van der Waals surface area contributed by atoms with Gasteiger partial charge in [-0.2, -0.15) is 13.7 Å². The van der Waals surface area contributed by atoms with Crippen molar-refractivity contribution in [1.29, 1.82) is 5.26 Å². The fraction of sp³-hybridized carbons (Fsp3) is 0.0833. The first-order valence-electron chi connectivity index (χ1n) is 9.98. The lowest BCUT2D eigenvalue weighted by Gasteiger charge is -2.15. The highest BCUT2D eigenvalue weighted by molar-refractivity contribution is 9.10. The van der Waals surface area contributed by atoms with Gasteiger partial charge in [0.2, 0.25) is 0 Å². The lowest BCUT2D eigenvalue weighted by molar-refractivity contribution is -0.112. The minimum absolute atomic E-state index is 0.0852. The second kappa shape index (κ2) is 11.6. The number of benzene rings is 3. The van der Waals surface area contributed by atoms with Crippen LogP contribution >= 0.6 is 39.1 Å². The molecule has 7 nitrogen and oxygen atoms in total. The Balaban J connectivity index is 1.95. The number of ether oxygens (including phenoxy) is 1. The molecular weight excluding hydrogens is 579 g/mol. The maximum Gasteiger partial charge on any atom is 0.339 e. The van der Waals surface area contributed by atoms with Crippen LogP contribution in [0.25, 0.3) is 6.08 Å². The lowest BCUT2D eigenvalue weighted by atomic mass is 10.1. The molecule has 3 rings (SSSR count). The molecule has 0 aromatic heterocycles. The summed E-state index contributed by atoms with van der Waals surface area (Å²) in [5, 5.41) is 12.8. The average molecular weight is 596 g/mol. The molecule has 0 radical (unpaired) electrons. The van der Waals surface area contributed by atoms with Crippen LogP contribution in [0.3, 0.4) is 0 Å². The van der Waals surface area contributed by atoms with Gasteiger partial charge in [0, 0.05) is 5.02 Å². The Labute approximate surface area is 221 Å². The van der Waals surface area contributed by atoms with Crippen LogP contribution in [-0.4, -0.2) is 20.9 Å². The van der Waals surface area contributed by atoms with Crippen molar-refractivity contribution < 1.29 is 22.1 Å². The highest BCUT2D eigenvalue weighted by Crippen LogP contribution is 2.39. The Kier molecular flexibility index (Phi) is 8.81. The van der Waals surface area contributed by atoms with Gasteiger partial charge in [-0.3, -0.25) is 4.79 Å². The molecule has 3 aromatic carbocycles. The molecule has 180 valence electrons. The second-order valence-corrected chi connectivity index (χ2v) is 10.1. The number of para-hydroxylation sites is 1. The van der Waals surface area contributed by atoms with E-state index >= 15 is 0 Å². The Morgan fingerprint density at radius 3 is 2.46 bits per heavy atom. The van der Waals surface area contributed by atoms with E-state index in [2.05, 4.69) is 21.2 Å². The van der Waals surface area contributed by atoms with Crippen molar-refractivity contribution in [2.24, 2.45) is 0 Å². The highest BCUT2D eigenvalue weighted by atomic mass is 79.9. The third kappa shape index (κ3) is 6.77. The summed E-state index contributed by atoms with van der Waals surface area (Å²) >= 11 is 15.2. The van der Waals surface area contributed by atoms with Gasteiger partial charge in [0.1, 0.15) is 16.5 Å². The van der Waals surface area contributed by atoms with Crippen LogP contribution < -0.4 is 14.2 Å². The van der Waals surface area contributed by atoms with E-state index in [1.807, 2.05) is 6.07 Å². The van der Waals surface area contributed by atoms with Crippen molar-refractivity contribution in [2.75, 3.05) is 11.9 Å². The number of anilines is 1. The van der Waals surface area contributed by atoms with Gasteiger partial charge in [-0.05, 0) is 83.0 Å². The summed E-state index contributed by atoms with van der Waals surface area (Å²) in [6.07, 6.45) is 1.33. The Morgan fingerprint density at radius 2 is 1.83 bits per heavy atom. The minimum Gasteiger partial charge on any atom is -0.490 e. The van der Waals surface area contributed by atoms with E-state index in [4.69, 9.17) is 32.1 Å². The van der Waals surface area contributed by atoms with Crippen molar-refractivity contribution in [3.05, 3.63) is 86.3 Å². The Morgan fingerprint density at radius 1 is 1.14 bits per heavy atom. The van der Waals surface area contributed by atoms with Crippen molar-refractivity contribution in [3.63, 3.8) is 0 Å². The van der Waals surface area contributed by atoms with Gasteiger partial charge in [0.25, 0.3) is 5.91 Å². The van der Waals surface area contributed by atoms with E-state index in [0.29, 0.717) is 21.3 Å². The minimum atomic E-state index is -4.20. The zero-order valence-corrected chi connectivity index (χ0v) is 22.0. The molecule has 0 heterocycles. The summed E-state index contributed by atoms with van der Waals surface area (Å²) in [7, 11) is -4.20. The predicted octanol–water partition coefficient (Wildman–Crippen LogP) is 6.47. The smallest absolute Gasteiger partial charge is 0.339 e. The molecule has 1 N–H and O–H groups in total. The molecule has 1 amide bonds. The number of carbonyl (C=O) groups excluding carboxylic acids is 1. The fourth-order valence-electron chi connectivity index (χ4n) is 2.84. The van der Waals surface area contributed by atoms with E-state index in [0.717, 1.165) is 0 Å². The number of nitrogens with zero attached hydrogens (tertiary/aromatic N) is 1. The maximum atomic E-state index is 12.8. The normalized spacial score (nSPS) is 11.5. The molecule has 11 heteroatoms. The van der Waals surface area contributed by atoms with Gasteiger partial charge in [-0.1, -0.05) is 35.3 Å². The molecule has 0 saturated heterocycles. The van der Waals surface area contributed by atoms with Crippen molar-refractivity contribution >= 4 is 66.9 Å². The Bertz CT molecular complexity index is 1440. The molecule has 0 atom stereocenters. The summed E-state index contributed by atoms with van der Waals surface area (Å²) in [6.45, 7) is 1.92. The van der Waals surface area contributed by atoms with Crippen LogP contribution in [0.4, 0.5) is 5.69 Å². The number of carbonyl (C=O) groups is 1. The molecule has 0 fully saturated rings. The first-order chi connectivity index (χ1) is 16.6. The Hall–Kier alpha value is -3.03. The van der Waals surface area contributed by atoms with Gasteiger partial charge in [-0.15, -0.1) is 0 Å². The standard InChI is InChI=1S/C24H17BrCl2N2O5S/c1-2-33-22-13-15(11-16(14-28)24(30)29-21-6-4-3-5-20(21)27)12-19(25)23(22)34-35(31,32)18-9-7-17(26)8-10-18/h3-13H,2H2,1H3,(H,29,30)/b16-11+. The zero-order chi connectivity index (χ0) is 25.6. The van der Waals surface area contributed by atoms with Crippen LogP contribution in [0.15, 0.2) is 75.6 Å². The first-order valence-corrected chi connectivity index (χ1v) is 12.9. The summed E-state index contributed by atoms with van der Waals surface area (Å²) in [5.41, 5.74) is 0.539. The molecule has 0 bridgehead atoms. The number of rotatable bonds is 8. The number of nitrogens with one attached hydrogen (secondary N) is 1. The van der Waals surface area contributed by atoms with Crippen LogP contribution in [0, 0.1) is 11.3 Å². The molecule has 0 aliphatic carbocycles. The monoisotopic (exact) mass is 594 g/mol. The van der Waals surface area contributed by atoms with Crippen LogP contribution in [0.2, 0.25) is 10.0 Å². The quantitative estimate of drug-likeness (QED) is 0.182. The SMILES string of the molecule is CCOc1cc(/C=C(\C#N)C(=O)Nc2ccccc2Cl)cc(Br)c1OS(=O)(=O)c1ccc(Cl)cc1. The van der Waals surface area contributed by atoms with Crippen molar-refractivity contribution in [2.45, 2.75) is 11.8 Å². The molecule has 3 aromatic rings.